The van der Waals surface area contributed by atoms with E-state index >= 15 is 0 Å². The number of benzene rings is 1. The van der Waals surface area contributed by atoms with E-state index in [1.807, 2.05) is 54.3 Å². The summed E-state index contributed by atoms with van der Waals surface area (Å²) < 4.78 is 0. The van der Waals surface area contributed by atoms with Gasteiger partial charge in [0.15, 0.2) is 0 Å². The topological polar surface area (TPSA) is 20.3 Å². The van der Waals surface area contributed by atoms with Crippen molar-refractivity contribution >= 4 is 11.6 Å². The predicted molar refractivity (Wildman–Crippen MR) is 68.7 cm³/mol. The van der Waals surface area contributed by atoms with Gasteiger partial charge in [-0.2, -0.15) is 0 Å². The minimum atomic E-state index is 0.0707. The van der Waals surface area contributed by atoms with Crippen molar-refractivity contribution < 1.29 is 4.79 Å². The number of hydrogen-bond acceptors (Lipinski definition) is 1. The molecule has 0 aromatic heterocycles. The van der Waals surface area contributed by atoms with Crippen molar-refractivity contribution in [3.8, 4) is 0 Å². The number of nitrogens with zero attached hydrogens (tertiary/aromatic N) is 1. The number of anilines is 1. The number of rotatable bonds is 1. The smallest absolute Gasteiger partial charge is 0.231 e. The standard InChI is InChI=1S/C15H15NO/c1-11-13-9-5-6-10-14(13)16(15(11)17)12-7-3-2-4-8-12/h2-11,13-14H,1H3/t11-,13?,14?/m0/s1. The molecule has 1 saturated heterocycles. The molecule has 3 rings (SSSR count). The molecule has 1 heterocycles. The Morgan fingerprint density at radius 3 is 2.53 bits per heavy atom. The predicted octanol–water partition coefficient (Wildman–Crippen LogP) is 2.78. The van der Waals surface area contributed by atoms with E-state index in [1.165, 1.54) is 0 Å². The summed E-state index contributed by atoms with van der Waals surface area (Å²) in [6.45, 7) is 2.02. The molecule has 1 aromatic rings. The summed E-state index contributed by atoms with van der Waals surface area (Å²) in [5, 5.41) is 0. The highest BCUT2D eigenvalue weighted by molar-refractivity contribution is 5.99. The largest absolute Gasteiger partial charge is 0.305 e. The third-order valence-corrected chi connectivity index (χ3v) is 3.68. The van der Waals surface area contributed by atoms with E-state index in [4.69, 9.17) is 0 Å². The van der Waals surface area contributed by atoms with Crippen molar-refractivity contribution in [3.05, 3.63) is 54.6 Å². The average Bonchev–Trinajstić information content (AvgIpc) is 2.64. The Morgan fingerprint density at radius 1 is 1.06 bits per heavy atom. The molecule has 0 spiro atoms. The second-order valence-corrected chi connectivity index (χ2v) is 4.67. The molecule has 0 saturated carbocycles. The molecule has 1 aromatic carbocycles. The summed E-state index contributed by atoms with van der Waals surface area (Å²) in [6.07, 6.45) is 8.34. The Balaban J connectivity index is 2.03. The van der Waals surface area contributed by atoms with Gasteiger partial charge in [0.2, 0.25) is 5.91 Å². The number of carbonyl (C=O) groups is 1. The van der Waals surface area contributed by atoms with Crippen LogP contribution in [-0.2, 0) is 4.79 Å². The van der Waals surface area contributed by atoms with Crippen LogP contribution in [0.5, 0.6) is 0 Å². The molecule has 1 aliphatic heterocycles. The normalized spacial score (nSPS) is 30.8. The molecule has 0 radical (unpaired) electrons. The van der Waals surface area contributed by atoms with Crippen molar-refractivity contribution in [1.29, 1.82) is 0 Å². The van der Waals surface area contributed by atoms with Gasteiger partial charge in [-0.15, -0.1) is 0 Å². The van der Waals surface area contributed by atoms with Gasteiger partial charge in [0.05, 0.1) is 6.04 Å². The zero-order valence-electron chi connectivity index (χ0n) is 9.78. The lowest BCUT2D eigenvalue weighted by Gasteiger charge is -2.25. The van der Waals surface area contributed by atoms with Gasteiger partial charge in [-0.05, 0) is 12.1 Å². The molecule has 2 unspecified atom stereocenters. The van der Waals surface area contributed by atoms with Gasteiger partial charge in [0, 0.05) is 17.5 Å². The molecule has 1 aliphatic carbocycles. The van der Waals surface area contributed by atoms with Crippen LogP contribution in [0.25, 0.3) is 0 Å². The second-order valence-electron chi connectivity index (χ2n) is 4.67. The lowest BCUT2D eigenvalue weighted by atomic mass is 9.89. The van der Waals surface area contributed by atoms with Crippen LogP contribution in [0.3, 0.4) is 0 Å². The SMILES string of the molecule is C[C@@H]1C(=O)N(c2ccccc2)C2C=CC=CC21. The minimum absolute atomic E-state index is 0.0707. The Labute approximate surface area is 101 Å². The van der Waals surface area contributed by atoms with Crippen molar-refractivity contribution in [3.63, 3.8) is 0 Å². The average molecular weight is 225 g/mol. The summed E-state index contributed by atoms with van der Waals surface area (Å²) in [7, 11) is 0. The molecule has 0 N–H and O–H groups in total. The highest BCUT2D eigenvalue weighted by atomic mass is 16.2. The van der Waals surface area contributed by atoms with Gasteiger partial charge in [0.1, 0.15) is 0 Å². The van der Waals surface area contributed by atoms with Crippen LogP contribution >= 0.6 is 0 Å². The van der Waals surface area contributed by atoms with Gasteiger partial charge in [-0.3, -0.25) is 4.79 Å². The molecule has 2 aliphatic rings. The summed E-state index contributed by atoms with van der Waals surface area (Å²) in [4.78, 5) is 14.3. The summed E-state index contributed by atoms with van der Waals surface area (Å²) >= 11 is 0. The van der Waals surface area contributed by atoms with E-state index in [0.717, 1.165) is 5.69 Å². The van der Waals surface area contributed by atoms with Crippen LogP contribution in [0.2, 0.25) is 0 Å². The lowest BCUT2D eigenvalue weighted by molar-refractivity contribution is -0.120. The molecule has 1 fully saturated rings. The first-order chi connectivity index (χ1) is 8.29. The molecule has 86 valence electrons. The van der Waals surface area contributed by atoms with Gasteiger partial charge in [0.25, 0.3) is 0 Å². The van der Waals surface area contributed by atoms with E-state index in [9.17, 15) is 4.79 Å². The third kappa shape index (κ3) is 1.52. The van der Waals surface area contributed by atoms with E-state index < -0.39 is 0 Å². The first-order valence-corrected chi connectivity index (χ1v) is 6.02. The number of fused-ring (bicyclic) bond motifs is 1. The van der Waals surface area contributed by atoms with Crippen LogP contribution in [0.4, 0.5) is 5.69 Å². The van der Waals surface area contributed by atoms with Crippen molar-refractivity contribution in [2.45, 2.75) is 13.0 Å². The number of allylic oxidation sites excluding steroid dienone is 2. The maximum absolute atomic E-state index is 12.3. The Bertz CT molecular complexity index is 489. The van der Waals surface area contributed by atoms with Crippen LogP contribution in [0.15, 0.2) is 54.6 Å². The second kappa shape index (κ2) is 3.88. The Morgan fingerprint density at radius 2 is 1.76 bits per heavy atom. The van der Waals surface area contributed by atoms with E-state index in [-0.39, 0.29) is 17.9 Å². The first-order valence-electron chi connectivity index (χ1n) is 6.02. The molecule has 17 heavy (non-hydrogen) atoms. The van der Waals surface area contributed by atoms with E-state index in [0.29, 0.717) is 5.92 Å². The fourth-order valence-corrected chi connectivity index (χ4v) is 2.75. The molecule has 2 heteroatoms. The summed E-state index contributed by atoms with van der Waals surface area (Å²) in [6, 6.07) is 10.1. The first kappa shape index (κ1) is 10.3. The number of amides is 1. The quantitative estimate of drug-likeness (QED) is 0.719. The number of para-hydroxylation sites is 1. The summed E-state index contributed by atoms with van der Waals surface area (Å²) in [5.41, 5.74) is 0.997. The fraction of sp³-hybridized carbons (Fsp3) is 0.267. The highest BCUT2D eigenvalue weighted by Gasteiger charge is 2.44. The number of hydrogen-bond donors (Lipinski definition) is 0. The molecular weight excluding hydrogens is 210 g/mol. The zero-order valence-corrected chi connectivity index (χ0v) is 9.78. The van der Waals surface area contributed by atoms with Crippen LogP contribution in [0, 0.1) is 11.8 Å². The van der Waals surface area contributed by atoms with E-state index in [1.54, 1.807) is 0 Å². The van der Waals surface area contributed by atoms with Crippen molar-refractivity contribution in [2.75, 3.05) is 4.90 Å². The zero-order chi connectivity index (χ0) is 11.8. The van der Waals surface area contributed by atoms with Crippen LogP contribution in [0.1, 0.15) is 6.92 Å². The van der Waals surface area contributed by atoms with E-state index in [2.05, 4.69) is 12.2 Å². The van der Waals surface area contributed by atoms with Gasteiger partial charge >= 0.3 is 0 Å². The van der Waals surface area contributed by atoms with Crippen molar-refractivity contribution in [2.24, 2.45) is 11.8 Å². The molecular formula is C15H15NO. The Hall–Kier alpha value is -1.83. The fourth-order valence-electron chi connectivity index (χ4n) is 2.75. The minimum Gasteiger partial charge on any atom is -0.305 e. The van der Waals surface area contributed by atoms with Gasteiger partial charge in [-0.1, -0.05) is 49.4 Å². The Kier molecular flexibility index (Phi) is 2.36. The van der Waals surface area contributed by atoms with Crippen molar-refractivity contribution in [1.82, 2.24) is 0 Å². The molecule has 0 bridgehead atoms. The van der Waals surface area contributed by atoms with Crippen LogP contribution in [-0.4, -0.2) is 11.9 Å². The molecule has 3 atom stereocenters. The monoisotopic (exact) mass is 225 g/mol. The third-order valence-electron chi connectivity index (χ3n) is 3.68. The number of carbonyl (C=O) groups excluding carboxylic acids is 1. The maximum atomic E-state index is 12.3. The van der Waals surface area contributed by atoms with Crippen LogP contribution < -0.4 is 4.90 Å². The highest BCUT2D eigenvalue weighted by Crippen LogP contribution is 2.37. The molecule has 2 nitrogen and oxygen atoms in total. The van der Waals surface area contributed by atoms with Gasteiger partial charge < -0.3 is 4.90 Å². The molecule has 1 amide bonds. The van der Waals surface area contributed by atoms with Gasteiger partial charge in [-0.25, -0.2) is 0 Å². The summed E-state index contributed by atoms with van der Waals surface area (Å²) in [5.74, 6) is 0.608. The maximum Gasteiger partial charge on any atom is 0.231 e. The lowest BCUT2D eigenvalue weighted by Crippen LogP contribution is -2.34.